The molecule has 0 saturated carbocycles. The third-order valence-electron chi connectivity index (χ3n) is 4.14. The number of nitrogens with zero attached hydrogens (tertiary/aromatic N) is 2. The first kappa shape index (κ1) is 18.2. The second-order valence-electron chi connectivity index (χ2n) is 5.47. The first-order chi connectivity index (χ1) is 9.72. The molecule has 0 radical (unpaired) electrons. The van der Waals surface area contributed by atoms with E-state index in [1.807, 2.05) is 4.90 Å². The van der Waals surface area contributed by atoms with Crippen molar-refractivity contribution in [1.29, 1.82) is 0 Å². The number of halogens is 1. The van der Waals surface area contributed by atoms with Crippen LogP contribution in [0.15, 0.2) is 0 Å². The van der Waals surface area contributed by atoms with Crippen LogP contribution in [-0.2, 0) is 14.3 Å². The Morgan fingerprint density at radius 2 is 1.71 bits per heavy atom. The third-order valence-corrected chi connectivity index (χ3v) is 4.14. The molecule has 21 heavy (non-hydrogen) atoms. The van der Waals surface area contributed by atoms with E-state index in [9.17, 15) is 9.59 Å². The molecule has 6 nitrogen and oxygen atoms in total. The summed E-state index contributed by atoms with van der Waals surface area (Å²) >= 11 is 0. The van der Waals surface area contributed by atoms with Gasteiger partial charge in [-0.1, -0.05) is 0 Å². The number of carbonyl (C=O) groups is 2. The van der Waals surface area contributed by atoms with E-state index < -0.39 is 0 Å². The Balaban J connectivity index is 0.00000220. The van der Waals surface area contributed by atoms with E-state index in [-0.39, 0.29) is 30.3 Å². The van der Waals surface area contributed by atoms with Gasteiger partial charge in [0.15, 0.2) is 0 Å². The number of carbonyl (C=O) groups excluding carboxylic acids is 2. The van der Waals surface area contributed by atoms with Gasteiger partial charge in [-0.05, 0) is 19.3 Å². The molecule has 0 spiro atoms. The van der Waals surface area contributed by atoms with E-state index in [0.717, 1.165) is 25.8 Å². The number of hydrogen-bond acceptors (Lipinski definition) is 4. The van der Waals surface area contributed by atoms with Crippen molar-refractivity contribution in [3.05, 3.63) is 0 Å². The molecular weight excluding hydrogens is 294 g/mol. The Hall–Kier alpha value is -0.850. The van der Waals surface area contributed by atoms with E-state index >= 15 is 0 Å². The van der Waals surface area contributed by atoms with Crippen molar-refractivity contribution in [2.75, 3.05) is 39.4 Å². The largest absolute Gasteiger partial charge is 0.378 e. The molecular formula is C14H26ClN3O3. The Kier molecular flexibility index (Phi) is 8.00. The molecule has 2 fully saturated rings. The van der Waals surface area contributed by atoms with Gasteiger partial charge in [-0.3, -0.25) is 9.59 Å². The highest BCUT2D eigenvalue weighted by Crippen LogP contribution is 2.17. The lowest BCUT2D eigenvalue weighted by Crippen LogP contribution is -2.48. The van der Waals surface area contributed by atoms with Crippen molar-refractivity contribution in [3.63, 3.8) is 0 Å². The SMILES string of the molecule is Cl.NCC1CCCCN1C(=O)CCC(=O)N1CCOCC1. The maximum Gasteiger partial charge on any atom is 0.223 e. The molecule has 2 rings (SSSR count). The van der Waals surface area contributed by atoms with Crippen LogP contribution in [0.1, 0.15) is 32.1 Å². The van der Waals surface area contributed by atoms with E-state index in [1.165, 1.54) is 0 Å². The highest BCUT2D eigenvalue weighted by atomic mass is 35.5. The van der Waals surface area contributed by atoms with Crippen LogP contribution in [0, 0.1) is 0 Å². The van der Waals surface area contributed by atoms with Gasteiger partial charge in [0, 0.05) is 45.1 Å². The van der Waals surface area contributed by atoms with Gasteiger partial charge < -0.3 is 20.3 Å². The predicted octanol–water partition coefficient (Wildman–Crippen LogP) is 0.387. The van der Waals surface area contributed by atoms with E-state index in [2.05, 4.69) is 0 Å². The van der Waals surface area contributed by atoms with Crippen molar-refractivity contribution in [3.8, 4) is 0 Å². The van der Waals surface area contributed by atoms with Crippen molar-refractivity contribution < 1.29 is 14.3 Å². The summed E-state index contributed by atoms with van der Waals surface area (Å²) in [7, 11) is 0. The van der Waals surface area contributed by atoms with Crippen LogP contribution in [0.5, 0.6) is 0 Å². The fourth-order valence-electron chi connectivity index (χ4n) is 2.90. The number of hydrogen-bond donors (Lipinski definition) is 1. The molecule has 7 heteroatoms. The van der Waals surface area contributed by atoms with Gasteiger partial charge in [0.2, 0.25) is 11.8 Å². The van der Waals surface area contributed by atoms with E-state index in [0.29, 0.717) is 45.7 Å². The average molecular weight is 320 g/mol. The summed E-state index contributed by atoms with van der Waals surface area (Å²) in [5, 5.41) is 0. The van der Waals surface area contributed by atoms with Gasteiger partial charge in [-0.15, -0.1) is 12.4 Å². The number of likely N-dealkylation sites (tertiary alicyclic amines) is 1. The molecule has 0 aromatic heterocycles. The van der Waals surface area contributed by atoms with Crippen molar-refractivity contribution >= 4 is 24.2 Å². The molecule has 0 aliphatic carbocycles. The molecule has 2 aliphatic rings. The zero-order chi connectivity index (χ0) is 14.4. The second-order valence-corrected chi connectivity index (χ2v) is 5.47. The first-order valence-electron chi connectivity index (χ1n) is 7.57. The minimum atomic E-state index is 0. The van der Waals surface area contributed by atoms with Crippen molar-refractivity contribution in [1.82, 2.24) is 9.80 Å². The van der Waals surface area contributed by atoms with Crippen LogP contribution in [0.25, 0.3) is 0 Å². The van der Waals surface area contributed by atoms with Gasteiger partial charge in [0.1, 0.15) is 0 Å². The minimum Gasteiger partial charge on any atom is -0.378 e. The highest BCUT2D eigenvalue weighted by molar-refractivity contribution is 5.85. The molecule has 2 N–H and O–H groups in total. The summed E-state index contributed by atoms with van der Waals surface area (Å²) in [5.41, 5.74) is 5.72. The predicted molar refractivity (Wildman–Crippen MR) is 82.3 cm³/mol. The third kappa shape index (κ3) is 5.13. The summed E-state index contributed by atoms with van der Waals surface area (Å²) in [6.45, 7) is 3.78. The van der Waals surface area contributed by atoms with Gasteiger partial charge in [-0.25, -0.2) is 0 Å². The number of nitrogens with two attached hydrogens (primary N) is 1. The Bertz CT molecular complexity index is 348. The second kappa shape index (κ2) is 9.23. The normalized spacial score (nSPS) is 22.6. The number of ether oxygens (including phenoxy) is 1. The number of amides is 2. The van der Waals surface area contributed by atoms with Crippen molar-refractivity contribution in [2.24, 2.45) is 5.73 Å². The zero-order valence-corrected chi connectivity index (χ0v) is 13.3. The molecule has 2 saturated heterocycles. The molecule has 0 bridgehead atoms. The number of rotatable bonds is 4. The van der Waals surface area contributed by atoms with Crippen LogP contribution < -0.4 is 5.73 Å². The highest BCUT2D eigenvalue weighted by Gasteiger charge is 2.26. The lowest BCUT2D eigenvalue weighted by atomic mass is 10.0. The maximum atomic E-state index is 12.2. The molecule has 2 amide bonds. The molecule has 0 aromatic rings. The molecule has 122 valence electrons. The van der Waals surface area contributed by atoms with Crippen LogP contribution in [0.3, 0.4) is 0 Å². The van der Waals surface area contributed by atoms with Crippen LogP contribution in [0.4, 0.5) is 0 Å². The Morgan fingerprint density at radius 3 is 2.38 bits per heavy atom. The lowest BCUT2D eigenvalue weighted by Gasteiger charge is -2.35. The standard InChI is InChI=1S/C14H25N3O3.ClH/c15-11-12-3-1-2-6-17(12)14(19)5-4-13(18)16-7-9-20-10-8-16;/h12H,1-11,15H2;1H. The minimum absolute atomic E-state index is 0. The number of morpholine rings is 1. The summed E-state index contributed by atoms with van der Waals surface area (Å²) in [4.78, 5) is 27.9. The lowest BCUT2D eigenvalue weighted by molar-refractivity contribution is -0.140. The summed E-state index contributed by atoms with van der Waals surface area (Å²) in [6, 6.07) is 0.162. The fraction of sp³-hybridized carbons (Fsp3) is 0.857. The van der Waals surface area contributed by atoms with Crippen molar-refractivity contribution in [2.45, 2.75) is 38.1 Å². The quantitative estimate of drug-likeness (QED) is 0.813. The molecule has 2 heterocycles. The molecule has 1 unspecified atom stereocenters. The summed E-state index contributed by atoms with van der Waals surface area (Å²) in [6.07, 6.45) is 3.76. The van der Waals surface area contributed by atoms with Crippen LogP contribution in [0.2, 0.25) is 0 Å². The van der Waals surface area contributed by atoms with E-state index in [4.69, 9.17) is 10.5 Å². The Morgan fingerprint density at radius 1 is 1.05 bits per heavy atom. The monoisotopic (exact) mass is 319 g/mol. The van der Waals surface area contributed by atoms with Crippen LogP contribution >= 0.6 is 12.4 Å². The van der Waals surface area contributed by atoms with Gasteiger partial charge in [-0.2, -0.15) is 0 Å². The van der Waals surface area contributed by atoms with Crippen LogP contribution in [-0.4, -0.2) is 67.0 Å². The van der Waals surface area contributed by atoms with Gasteiger partial charge in [0.05, 0.1) is 13.2 Å². The van der Waals surface area contributed by atoms with E-state index in [1.54, 1.807) is 4.90 Å². The topological polar surface area (TPSA) is 75.9 Å². The maximum absolute atomic E-state index is 12.2. The smallest absolute Gasteiger partial charge is 0.223 e. The van der Waals surface area contributed by atoms with Gasteiger partial charge >= 0.3 is 0 Å². The summed E-state index contributed by atoms with van der Waals surface area (Å²) in [5.74, 6) is 0.129. The molecule has 0 aromatic carbocycles. The average Bonchev–Trinajstić information content (AvgIpc) is 2.53. The Labute approximate surface area is 132 Å². The van der Waals surface area contributed by atoms with Gasteiger partial charge in [0.25, 0.3) is 0 Å². The zero-order valence-electron chi connectivity index (χ0n) is 12.5. The summed E-state index contributed by atoms with van der Waals surface area (Å²) < 4.78 is 5.22. The number of piperidine rings is 1. The molecule has 1 atom stereocenters. The fourth-order valence-corrected chi connectivity index (χ4v) is 2.90. The molecule has 2 aliphatic heterocycles. The first-order valence-corrected chi connectivity index (χ1v) is 7.57.